The van der Waals surface area contributed by atoms with Crippen molar-refractivity contribution in [3.8, 4) is 0 Å². The van der Waals surface area contributed by atoms with Crippen LogP contribution in [0.15, 0.2) is 11.6 Å². The Labute approximate surface area is 261 Å². The molecule has 0 unspecified atom stereocenters. The van der Waals surface area contributed by atoms with Gasteiger partial charge in [-0.15, -0.1) is 11.6 Å². The van der Waals surface area contributed by atoms with Gasteiger partial charge in [-0.3, -0.25) is 24.3 Å². The zero-order chi connectivity index (χ0) is 32.9. The number of hydrogen-bond acceptors (Lipinski definition) is 10. The number of halogens is 1. The third-order valence-electron chi connectivity index (χ3n) is 8.34. The number of carbonyl (C=O) groups is 3. The Balaban J connectivity index is 1.81. The van der Waals surface area contributed by atoms with E-state index in [-0.39, 0.29) is 43.6 Å². The molecule has 0 aromatic carbocycles. The molecule has 44 heavy (non-hydrogen) atoms. The largest absolute Gasteiger partial charge is 0.397 e. The number of hydrogen-bond donors (Lipinski definition) is 7. The van der Waals surface area contributed by atoms with Gasteiger partial charge in [0.1, 0.15) is 18.7 Å². The van der Waals surface area contributed by atoms with E-state index in [1.807, 2.05) is 6.08 Å². The lowest BCUT2D eigenvalue weighted by atomic mass is 9.81. The third kappa shape index (κ3) is 9.02. The molecule has 0 aromatic heterocycles. The van der Waals surface area contributed by atoms with Crippen LogP contribution in [0.4, 0.5) is 0 Å². The first-order valence-corrected chi connectivity index (χ1v) is 16.2. The zero-order valence-corrected chi connectivity index (χ0v) is 26.5. The molecule has 2 fully saturated rings. The Bertz CT molecular complexity index is 1220. The average Bonchev–Trinajstić information content (AvgIpc) is 3.56. The van der Waals surface area contributed by atoms with Gasteiger partial charge in [-0.25, -0.2) is 4.18 Å². The summed E-state index contributed by atoms with van der Waals surface area (Å²) in [6.07, 6.45) is -0.873. The summed E-state index contributed by atoms with van der Waals surface area (Å²) >= 11 is 6.65. The first-order chi connectivity index (χ1) is 20.5. The second-order valence-corrected chi connectivity index (χ2v) is 13.3. The van der Waals surface area contributed by atoms with Gasteiger partial charge in [0.15, 0.2) is 12.1 Å². The number of alkyl halides is 1. The highest BCUT2D eigenvalue weighted by Gasteiger charge is 2.53. The minimum absolute atomic E-state index is 0.00726. The molecule has 1 aliphatic carbocycles. The molecule has 16 nitrogen and oxygen atoms in total. The van der Waals surface area contributed by atoms with Crippen molar-refractivity contribution in [3.63, 3.8) is 0 Å². The number of aliphatic hydroxyl groups excluding tert-OH is 2. The maximum absolute atomic E-state index is 14.2. The number of rotatable bonds is 13. The summed E-state index contributed by atoms with van der Waals surface area (Å²) in [7, 11) is -3.78. The molecular formula is C26H43ClN6O10S. The fraction of sp³-hybridized carbons (Fsp3) is 0.769. The molecule has 0 bridgehead atoms. The number of guanidine groups is 1. The average molecular weight is 667 g/mol. The predicted molar refractivity (Wildman–Crippen MR) is 158 cm³/mol. The van der Waals surface area contributed by atoms with Crippen molar-refractivity contribution >= 4 is 45.7 Å². The van der Waals surface area contributed by atoms with Crippen LogP contribution in [0, 0.1) is 17.2 Å². The highest BCUT2D eigenvalue weighted by atomic mass is 35.5. The lowest BCUT2D eigenvalue weighted by Crippen LogP contribution is -2.61. The van der Waals surface area contributed by atoms with Gasteiger partial charge in [0.2, 0.25) is 11.8 Å². The van der Waals surface area contributed by atoms with E-state index in [2.05, 4.69) is 14.8 Å². The Morgan fingerprint density at radius 2 is 1.86 bits per heavy atom. The molecule has 8 atom stereocenters. The first-order valence-electron chi connectivity index (χ1n) is 14.4. The van der Waals surface area contributed by atoms with E-state index in [1.54, 1.807) is 18.7 Å². The highest BCUT2D eigenvalue weighted by Crippen LogP contribution is 2.41. The lowest BCUT2D eigenvalue weighted by Gasteiger charge is -2.40. The number of methoxy groups -OCH3 is 1. The molecule has 1 saturated heterocycles. The number of nitrogens with one attached hydrogen (secondary N) is 3. The number of carbonyl (C=O) groups excluding carboxylic acids is 3. The number of nitrogens with zero attached hydrogens (tertiary/aromatic N) is 2. The standard InChI is InChI=1S/C26H43ClN6O10S/c1-13(2)21(27)22(31-24(37)20(42-3)12-43-44(39,40)41)25(38)33-16-10-19(35)18(34)9-15(16)8-17(33)23(36)30-6-4-14-5-7-32(11-14)26(28)29/h5,13,15-22,34-35H,4,6-12H2,1-3H3,(H3,28,29)(H,30,36)(H,31,37)(H,39,40,41)/t15-,16+,17+,18+,19+,20-,21-,22-/m1/s1. The van der Waals surface area contributed by atoms with Crippen LogP contribution in [0.1, 0.15) is 39.5 Å². The van der Waals surface area contributed by atoms with Crippen LogP contribution in [0.2, 0.25) is 0 Å². The van der Waals surface area contributed by atoms with Gasteiger partial charge >= 0.3 is 10.4 Å². The molecule has 3 aliphatic rings. The normalized spacial score (nSPS) is 27.4. The summed E-state index contributed by atoms with van der Waals surface area (Å²) in [5.74, 6) is -2.79. The van der Waals surface area contributed by atoms with Crippen molar-refractivity contribution in [2.45, 2.75) is 81.3 Å². The van der Waals surface area contributed by atoms with E-state index in [0.717, 1.165) is 12.7 Å². The summed E-state index contributed by atoms with van der Waals surface area (Å²) in [6.45, 7) is 3.81. The Kier molecular flexibility index (Phi) is 12.4. The first kappa shape index (κ1) is 35.9. The van der Waals surface area contributed by atoms with E-state index < -0.39 is 76.5 Å². The van der Waals surface area contributed by atoms with Crippen LogP contribution in [-0.2, 0) is 33.7 Å². The Hall–Kier alpha value is -2.54. The van der Waals surface area contributed by atoms with Crippen LogP contribution < -0.4 is 16.4 Å². The van der Waals surface area contributed by atoms with Gasteiger partial charge < -0.3 is 41.1 Å². The summed E-state index contributed by atoms with van der Waals surface area (Å²) in [6, 6.07) is -3.01. The van der Waals surface area contributed by atoms with E-state index >= 15 is 0 Å². The van der Waals surface area contributed by atoms with Crippen LogP contribution in [0.5, 0.6) is 0 Å². The summed E-state index contributed by atoms with van der Waals surface area (Å²) in [5.41, 5.74) is 6.54. The van der Waals surface area contributed by atoms with Crippen molar-refractivity contribution in [1.29, 1.82) is 5.41 Å². The Morgan fingerprint density at radius 1 is 1.20 bits per heavy atom. The summed E-state index contributed by atoms with van der Waals surface area (Å²) in [4.78, 5) is 43.9. The zero-order valence-electron chi connectivity index (χ0n) is 24.9. The molecule has 2 aliphatic heterocycles. The molecule has 250 valence electrons. The number of fused-ring (bicyclic) bond motifs is 1. The number of nitrogens with two attached hydrogens (primary N) is 1. The molecular weight excluding hydrogens is 624 g/mol. The SMILES string of the molecule is CO[C@H](COS(=O)(=O)O)C(=O)N[C@@H](C(=O)N1[C@H](C(=O)NCCC2=CCN(C(=N)N)C2)C[C@@H]2C[C@H](O)[C@@H](O)C[C@@H]21)[C@H](Cl)C(C)C. The molecule has 2 heterocycles. The van der Waals surface area contributed by atoms with Gasteiger partial charge in [-0.1, -0.05) is 25.5 Å². The number of aliphatic hydroxyl groups is 2. The molecule has 0 radical (unpaired) electrons. The van der Waals surface area contributed by atoms with Gasteiger partial charge in [0, 0.05) is 32.8 Å². The fourth-order valence-electron chi connectivity index (χ4n) is 5.91. The molecule has 0 aromatic rings. The quantitative estimate of drug-likeness (QED) is 0.0383. The Morgan fingerprint density at radius 3 is 2.43 bits per heavy atom. The smallest absolute Gasteiger partial charge is 0.390 e. The van der Waals surface area contributed by atoms with Crippen molar-refractivity contribution in [2.24, 2.45) is 17.6 Å². The highest BCUT2D eigenvalue weighted by molar-refractivity contribution is 7.80. The maximum atomic E-state index is 14.2. The van der Waals surface area contributed by atoms with Gasteiger partial charge in [-0.05, 0) is 37.5 Å². The van der Waals surface area contributed by atoms with Crippen molar-refractivity contribution < 1.29 is 46.5 Å². The van der Waals surface area contributed by atoms with E-state index in [1.165, 1.54) is 4.90 Å². The minimum Gasteiger partial charge on any atom is -0.390 e. The second-order valence-electron chi connectivity index (χ2n) is 11.7. The maximum Gasteiger partial charge on any atom is 0.397 e. The van der Waals surface area contributed by atoms with Crippen molar-refractivity contribution in [2.75, 3.05) is 33.4 Å². The number of likely N-dealkylation sites (tertiary alicyclic amines) is 1. The number of ether oxygens (including phenoxy) is 1. The van der Waals surface area contributed by atoms with Gasteiger partial charge in [0.25, 0.3) is 5.91 Å². The van der Waals surface area contributed by atoms with Crippen LogP contribution in [0.25, 0.3) is 0 Å². The van der Waals surface area contributed by atoms with Crippen LogP contribution in [-0.4, -0.2) is 132 Å². The van der Waals surface area contributed by atoms with Crippen molar-refractivity contribution in [1.82, 2.24) is 20.4 Å². The van der Waals surface area contributed by atoms with E-state index in [9.17, 15) is 33.0 Å². The fourth-order valence-corrected chi connectivity index (χ4v) is 6.37. The van der Waals surface area contributed by atoms with E-state index in [0.29, 0.717) is 19.5 Å². The molecule has 3 rings (SSSR count). The summed E-state index contributed by atoms with van der Waals surface area (Å²) in [5, 5.41) is 32.8. The third-order valence-corrected chi connectivity index (χ3v) is 9.53. The lowest BCUT2D eigenvalue weighted by molar-refractivity contribution is -0.147. The van der Waals surface area contributed by atoms with Crippen molar-refractivity contribution in [3.05, 3.63) is 11.6 Å². The second kappa shape index (κ2) is 15.2. The van der Waals surface area contributed by atoms with Gasteiger partial charge in [-0.2, -0.15) is 8.42 Å². The molecule has 18 heteroatoms. The molecule has 3 amide bonds. The molecule has 0 spiro atoms. The number of amides is 3. The topological polar surface area (TPSA) is 245 Å². The monoisotopic (exact) mass is 666 g/mol. The van der Waals surface area contributed by atoms with E-state index in [4.69, 9.17) is 32.0 Å². The minimum atomic E-state index is -4.88. The predicted octanol–water partition coefficient (Wildman–Crippen LogP) is -1.69. The molecule has 8 N–H and O–H groups in total. The molecule has 1 saturated carbocycles. The van der Waals surface area contributed by atoms with Crippen LogP contribution >= 0.6 is 11.6 Å². The van der Waals surface area contributed by atoms with Crippen LogP contribution in [0.3, 0.4) is 0 Å². The summed E-state index contributed by atoms with van der Waals surface area (Å²) < 4.78 is 40.2. The van der Waals surface area contributed by atoms with Gasteiger partial charge in [0.05, 0.1) is 17.6 Å².